The van der Waals surface area contributed by atoms with Crippen LogP contribution in [0.4, 0.5) is 4.79 Å². The number of rotatable bonds is 9. The van der Waals surface area contributed by atoms with Crippen molar-refractivity contribution >= 4 is 29.7 Å². The third kappa shape index (κ3) is 7.65. The molecule has 3 aliphatic heterocycles. The second kappa shape index (κ2) is 14.1. The van der Waals surface area contributed by atoms with Gasteiger partial charge in [-0.1, -0.05) is 48.0 Å². The van der Waals surface area contributed by atoms with Crippen molar-refractivity contribution in [2.45, 2.75) is 95.8 Å². The third-order valence-electron chi connectivity index (χ3n) is 9.11. The number of thioether (sulfide) groups is 1. The van der Waals surface area contributed by atoms with Crippen molar-refractivity contribution in [3.05, 3.63) is 70.3 Å². The molecule has 0 unspecified atom stereocenters. The number of hydrogen-bond acceptors (Lipinski definition) is 8. The number of fused-ring (bicyclic) bond motifs is 1. The maximum absolute atomic E-state index is 14.0. The van der Waals surface area contributed by atoms with Crippen LogP contribution in [0.1, 0.15) is 54.5 Å². The van der Waals surface area contributed by atoms with E-state index in [0.29, 0.717) is 13.2 Å². The summed E-state index contributed by atoms with van der Waals surface area (Å²) in [5.41, 5.74) is 5.04. The highest BCUT2D eigenvalue weighted by Crippen LogP contribution is 2.40. The van der Waals surface area contributed by atoms with Gasteiger partial charge in [0.2, 0.25) is 5.91 Å². The Morgan fingerprint density at radius 1 is 1.11 bits per heavy atom. The van der Waals surface area contributed by atoms with Gasteiger partial charge in [0.05, 0.1) is 18.5 Å². The molecule has 0 radical (unpaired) electrons. The SMILES string of the molecule is Cc1cccc(C[C@H](NC(=O)O[C@@H]2CO[C@@H]3OCCC[C@@H]32)[C@H](O)C(=O)N2CSC(C)(C)[C@H]2C(=O)NCc2c(C)cccc2C)c1. The van der Waals surface area contributed by atoms with Gasteiger partial charge < -0.3 is 34.9 Å². The van der Waals surface area contributed by atoms with E-state index in [2.05, 4.69) is 10.6 Å². The molecule has 3 fully saturated rings. The molecule has 0 aromatic heterocycles. The van der Waals surface area contributed by atoms with E-state index in [1.807, 2.05) is 77.1 Å². The summed E-state index contributed by atoms with van der Waals surface area (Å²) in [6.45, 7) is 11.0. The van der Waals surface area contributed by atoms with Crippen LogP contribution in [-0.2, 0) is 36.8 Å². The van der Waals surface area contributed by atoms with Gasteiger partial charge in [0, 0.05) is 23.8 Å². The number of hydrogen-bond donors (Lipinski definition) is 3. The number of ether oxygens (including phenoxy) is 3. The van der Waals surface area contributed by atoms with Gasteiger partial charge in [-0.2, -0.15) is 0 Å². The number of nitrogens with one attached hydrogen (secondary N) is 2. The van der Waals surface area contributed by atoms with Crippen LogP contribution in [0.2, 0.25) is 0 Å². The Hall–Kier alpha value is -3.12. The summed E-state index contributed by atoms with van der Waals surface area (Å²) in [5.74, 6) is -0.739. The Morgan fingerprint density at radius 3 is 2.58 bits per heavy atom. The van der Waals surface area contributed by atoms with Gasteiger partial charge in [0.15, 0.2) is 12.4 Å². The smallest absolute Gasteiger partial charge is 0.407 e. The zero-order valence-electron chi connectivity index (χ0n) is 26.7. The summed E-state index contributed by atoms with van der Waals surface area (Å²) < 4.78 is 16.5. The molecule has 3 heterocycles. The van der Waals surface area contributed by atoms with E-state index in [0.717, 1.165) is 40.7 Å². The first-order valence-corrected chi connectivity index (χ1v) is 16.6. The molecule has 45 heavy (non-hydrogen) atoms. The molecule has 3 aliphatic rings. The quantitative estimate of drug-likeness (QED) is 0.379. The highest BCUT2D eigenvalue weighted by atomic mass is 32.2. The Balaban J connectivity index is 1.31. The number of nitrogens with zero attached hydrogens (tertiary/aromatic N) is 1. The molecule has 0 spiro atoms. The minimum Gasteiger partial charge on any atom is -0.443 e. The summed E-state index contributed by atoms with van der Waals surface area (Å²) >= 11 is 1.48. The van der Waals surface area contributed by atoms with E-state index in [1.165, 1.54) is 16.7 Å². The number of aliphatic hydroxyl groups is 1. The highest BCUT2D eigenvalue weighted by molar-refractivity contribution is 8.00. The average molecular weight is 640 g/mol. The lowest BCUT2D eigenvalue weighted by Gasteiger charge is -2.33. The van der Waals surface area contributed by atoms with Crippen LogP contribution in [0.5, 0.6) is 0 Å². The van der Waals surface area contributed by atoms with Gasteiger partial charge in [-0.3, -0.25) is 9.59 Å². The third-order valence-corrected chi connectivity index (χ3v) is 10.5. The van der Waals surface area contributed by atoms with E-state index in [9.17, 15) is 19.5 Å². The van der Waals surface area contributed by atoms with Crippen molar-refractivity contribution < 1.29 is 33.7 Å². The monoisotopic (exact) mass is 639 g/mol. The summed E-state index contributed by atoms with van der Waals surface area (Å²) in [6.07, 6.45) is -1.35. The molecule has 244 valence electrons. The zero-order chi connectivity index (χ0) is 32.3. The fourth-order valence-electron chi connectivity index (χ4n) is 6.56. The Bertz CT molecular complexity index is 1380. The highest BCUT2D eigenvalue weighted by Gasteiger charge is 2.50. The number of amides is 3. The molecule has 0 saturated carbocycles. The summed E-state index contributed by atoms with van der Waals surface area (Å²) in [7, 11) is 0. The Labute approximate surface area is 269 Å². The van der Waals surface area contributed by atoms with Crippen molar-refractivity contribution in [3.8, 4) is 0 Å². The van der Waals surface area contributed by atoms with Crippen LogP contribution < -0.4 is 10.6 Å². The molecule has 3 amide bonds. The van der Waals surface area contributed by atoms with Gasteiger partial charge in [-0.15, -0.1) is 11.8 Å². The van der Waals surface area contributed by atoms with Gasteiger partial charge in [0.25, 0.3) is 5.91 Å². The van der Waals surface area contributed by atoms with E-state index < -0.39 is 41.0 Å². The molecule has 0 aliphatic carbocycles. The Kier molecular flexibility index (Phi) is 10.4. The van der Waals surface area contributed by atoms with Crippen molar-refractivity contribution in [2.75, 3.05) is 19.1 Å². The van der Waals surface area contributed by atoms with Crippen LogP contribution in [-0.4, -0.2) is 82.3 Å². The Morgan fingerprint density at radius 2 is 1.84 bits per heavy atom. The number of benzene rings is 2. The minimum absolute atomic E-state index is 0.0575. The summed E-state index contributed by atoms with van der Waals surface area (Å²) in [5, 5.41) is 17.4. The first-order valence-electron chi connectivity index (χ1n) is 15.7. The molecule has 6 atom stereocenters. The molecular weight excluding hydrogens is 594 g/mol. The summed E-state index contributed by atoms with van der Waals surface area (Å²) in [4.78, 5) is 42.3. The van der Waals surface area contributed by atoms with Crippen LogP contribution in [0, 0.1) is 26.7 Å². The molecular formula is C34H45N3O7S. The molecule has 2 aromatic carbocycles. The second-order valence-corrected chi connectivity index (χ2v) is 14.5. The first-order chi connectivity index (χ1) is 21.4. The van der Waals surface area contributed by atoms with E-state index in [4.69, 9.17) is 14.2 Å². The molecule has 3 N–H and O–H groups in total. The molecule has 0 bridgehead atoms. The lowest BCUT2D eigenvalue weighted by Crippen LogP contribution is -2.58. The van der Waals surface area contributed by atoms with Crippen molar-refractivity contribution in [3.63, 3.8) is 0 Å². The van der Waals surface area contributed by atoms with Gasteiger partial charge in [-0.25, -0.2) is 4.79 Å². The van der Waals surface area contributed by atoms with E-state index in [1.54, 1.807) is 0 Å². The standard InChI is InChI=1S/C34H45N3O7S/c1-20-9-6-12-23(15-20)16-26(36-33(41)44-27-18-43-32-24(27)13-8-14-42-32)28(38)31(40)37-19-45-34(4,5)29(37)30(39)35-17-25-21(2)10-7-11-22(25)3/h6-7,9-12,15,24,26-29,32,38H,8,13-14,16-19H2,1-5H3,(H,35,39)(H,36,41)/t24-,26+,27-,28+,29-,32+/m1/s1. The van der Waals surface area contributed by atoms with Crippen LogP contribution in [0.3, 0.4) is 0 Å². The van der Waals surface area contributed by atoms with E-state index in [-0.39, 0.29) is 37.0 Å². The minimum atomic E-state index is -1.62. The van der Waals surface area contributed by atoms with Crippen molar-refractivity contribution in [2.24, 2.45) is 5.92 Å². The largest absolute Gasteiger partial charge is 0.443 e. The predicted octanol–water partition coefficient (Wildman–Crippen LogP) is 3.76. The van der Waals surface area contributed by atoms with Crippen LogP contribution in [0.15, 0.2) is 42.5 Å². The van der Waals surface area contributed by atoms with Crippen molar-refractivity contribution in [1.82, 2.24) is 15.5 Å². The van der Waals surface area contributed by atoms with Gasteiger partial charge >= 0.3 is 6.09 Å². The number of carbonyl (C=O) groups excluding carboxylic acids is 3. The van der Waals surface area contributed by atoms with Crippen LogP contribution in [0.25, 0.3) is 0 Å². The molecule has 3 saturated heterocycles. The van der Waals surface area contributed by atoms with E-state index >= 15 is 0 Å². The molecule has 2 aromatic rings. The lowest BCUT2D eigenvalue weighted by atomic mass is 9.96. The summed E-state index contributed by atoms with van der Waals surface area (Å²) in [6, 6.07) is 11.8. The maximum Gasteiger partial charge on any atom is 0.407 e. The van der Waals surface area contributed by atoms with Crippen molar-refractivity contribution in [1.29, 1.82) is 0 Å². The van der Waals surface area contributed by atoms with Crippen LogP contribution >= 0.6 is 11.8 Å². The molecule has 10 nitrogen and oxygen atoms in total. The predicted molar refractivity (Wildman–Crippen MR) is 171 cm³/mol. The first kappa shape index (κ1) is 33.2. The molecule has 11 heteroatoms. The number of aryl methyl sites for hydroxylation is 3. The maximum atomic E-state index is 14.0. The number of aliphatic hydroxyl groups excluding tert-OH is 1. The van der Waals surface area contributed by atoms with Gasteiger partial charge in [0.1, 0.15) is 12.1 Å². The number of carbonyl (C=O) groups is 3. The second-order valence-electron chi connectivity index (χ2n) is 12.9. The fraction of sp³-hybridized carbons (Fsp3) is 0.559. The lowest BCUT2D eigenvalue weighted by molar-refractivity contribution is -0.152. The zero-order valence-corrected chi connectivity index (χ0v) is 27.5. The fourth-order valence-corrected chi connectivity index (χ4v) is 7.70. The normalized spacial score (nSPS) is 25.2. The average Bonchev–Trinajstić information content (AvgIpc) is 3.55. The topological polar surface area (TPSA) is 126 Å². The molecule has 5 rings (SSSR count). The van der Waals surface area contributed by atoms with Gasteiger partial charge in [-0.05, 0) is 76.1 Å². The number of alkyl carbamates (subject to hydrolysis) is 1.